The van der Waals surface area contributed by atoms with Crippen LogP contribution in [0.1, 0.15) is 12.8 Å². The van der Waals surface area contributed by atoms with Crippen LogP contribution in [0.2, 0.25) is 0 Å². The van der Waals surface area contributed by atoms with Crippen molar-refractivity contribution in [1.82, 2.24) is 15.0 Å². The van der Waals surface area contributed by atoms with Gasteiger partial charge in [-0.05, 0) is 25.0 Å². The number of hydrogen-bond donors (Lipinski definition) is 0. The molecule has 3 heterocycles. The molecule has 0 unspecified atom stereocenters. The zero-order valence-electron chi connectivity index (χ0n) is 13.0. The van der Waals surface area contributed by atoms with Crippen LogP contribution in [0.3, 0.4) is 0 Å². The summed E-state index contributed by atoms with van der Waals surface area (Å²) in [6.07, 6.45) is 7.42. The third kappa shape index (κ3) is 3.10. The van der Waals surface area contributed by atoms with Gasteiger partial charge in [0, 0.05) is 32.4 Å². The summed E-state index contributed by atoms with van der Waals surface area (Å²) in [5.41, 5.74) is 0. The van der Waals surface area contributed by atoms with Crippen molar-refractivity contribution in [3.63, 3.8) is 0 Å². The van der Waals surface area contributed by atoms with E-state index in [0.717, 1.165) is 37.7 Å². The van der Waals surface area contributed by atoms with Gasteiger partial charge in [-0.1, -0.05) is 6.07 Å². The quantitative estimate of drug-likeness (QED) is 0.860. The number of nitrogens with zero attached hydrogens (tertiary/aromatic N) is 5. The molecule has 116 valence electrons. The highest BCUT2D eigenvalue weighted by Gasteiger charge is 2.24. The number of piperidine rings is 1. The van der Waals surface area contributed by atoms with Crippen LogP contribution in [-0.4, -0.2) is 48.2 Å². The van der Waals surface area contributed by atoms with Gasteiger partial charge in [-0.3, -0.25) is 0 Å². The first-order valence-corrected chi connectivity index (χ1v) is 7.53. The van der Waals surface area contributed by atoms with E-state index in [1.165, 1.54) is 0 Å². The Kier molecular flexibility index (Phi) is 4.37. The molecule has 0 saturated carbocycles. The molecular formula is C16H21N5O. The molecule has 22 heavy (non-hydrogen) atoms. The molecule has 6 heteroatoms. The van der Waals surface area contributed by atoms with Crippen LogP contribution >= 0.6 is 0 Å². The molecule has 0 bridgehead atoms. The van der Waals surface area contributed by atoms with Gasteiger partial charge in [-0.2, -0.15) is 0 Å². The molecule has 2 aromatic heterocycles. The van der Waals surface area contributed by atoms with Gasteiger partial charge in [0.2, 0.25) is 5.95 Å². The van der Waals surface area contributed by atoms with E-state index < -0.39 is 0 Å². The number of ether oxygens (including phenoxy) is 1. The molecule has 0 spiro atoms. The average Bonchev–Trinajstić information content (AvgIpc) is 2.62. The molecule has 0 atom stereocenters. The molecule has 0 N–H and O–H groups in total. The molecule has 0 aromatic carbocycles. The molecule has 2 aromatic rings. The van der Waals surface area contributed by atoms with E-state index in [0.29, 0.717) is 11.8 Å². The summed E-state index contributed by atoms with van der Waals surface area (Å²) in [7, 11) is 3.74. The lowest BCUT2D eigenvalue weighted by Gasteiger charge is -2.37. The zero-order valence-corrected chi connectivity index (χ0v) is 13.0. The summed E-state index contributed by atoms with van der Waals surface area (Å²) >= 11 is 0. The van der Waals surface area contributed by atoms with E-state index >= 15 is 0 Å². The Balaban J connectivity index is 1.60. The summed E-state index contributed by atoms with van der Waals surface area (Å²) in [6.45, 7) is 1.91. The van der Waals surface area contributed by atoms with Crippen LogP contribution in [0.4, 0.5) is 11.8 Å². The SMILES string of the molecule is COc1cnc(N2CCC(N(C)c3ccccn3)CC2)nc1. The Morgan fingerprint density at radius 3 is 2.45 bits per heavy atom. The molecule has 1 fully saturated rings. The average molecular weight is 299 g/mol. The lowest BCUT2D eigenvalue weighted by atomic mass is 10.0. The van der Waals surface area contributed by atoms with Gasteiger partial charge in [-0.25, -0.2) is 15.0 Å². The van der Waals surface area contributed by atoms with Crippen molar-refractivity contribution in [2.45, 2.75) is 18.9 Å². The predicted molar refractivity (Wildman–Crippen MR) is 86.5 cm³/mol. The second-order valence-electron chi connectivity index (χ2n) is 5.44. The third-order valence-corrected chi connectivity index (χ3v) is 4.16. The van der Waals surface area contributed by atoms with Crippen LogP contribution in [0.25, 0.3) is 0 Å². The zero-order chi connectivity index (χ0) is 15.4. The van der Waals surface area contributed by atoms with Crippen molar-refractivity contribution in [3.05, 3.63) is 36.8 Å². The smallest absolute Gasteiger partial charge is 0.225 e. The largest absolute Gasteiger partial charge is 0.494 e. The van der Waals surface area contributed by atoms with Gasteiger partial charge in [-0.15, -0.1) is 0 Å². The van der Waals surface area contributed by atoms with E-state index in [9.17, 15) is 0 Å². The maximum absolute atomic E-state index is 5.10. The van der Waals surface area contributed by atoms with Crippen molar-refractivity contribution < 1.29 is 4.74 Å². The number of pyridine rings is 1. The minimum absolute atomic E-state index is 0.504. The Labute approximate surface area is 130 Å². The highest BCUT2D eigenvalue weighted by Crippen LogP contribution is 2.22. The van der Waals surface area contributed by atoms with Gasteiger partial charge in [0.15, 0.2) is 5.75 Å². The fourth-order valence-corrected chi connectivity index (χ4v) is 2.78. The Morgan fingerprint density at radius 1 is 1.14 bits per heavy atom. The molecule has 1 aliphatic heterocycles. The van der Waals surface area contributed by atoms with Gasteiger partial charge in [0.05, 0.1) is 19.5 Å². The lowest BCUT2D eigenvalue weighted by molar-refractivity contribution is 0.410. The van der Waals surface area contributed by atoms with Crippen LogP contribution in [0.5, 0.6) is 5.75 Å². The Hall–Kier alpha value is -2.37. The maximum atomic E-state index is 5.10. The fraction of sp³-hybridized carbons (Fsp3) is 0.438. The first-order chi connectivity index (χ1) is 10.8. The molecule has 0 amide bonds. The number of methoxy groups -OCH3 is 1. The Bertz CT molecular complexity index is 581. The van der Waals surface area contributed by atoms with Crippen molar-refractivity contribution in [1.29, 1.82) is 0 Å². The molecule has 0 radical (unpaired) electrons. The summed E-state index contributed by atoms with van der Waals surface area (Å²) in [5.74, 6) is 2.50. The second kappa shape index (κ2) is 6.60. The molecule has 1 aliphatic rings. The number of rotatable bonds is 4. The standard InChI is InChI=1S/C16H21N5O/c1-20(15-5-3-4-8-17-15)13-6-9-21(10-7-13)16-18-11-14(22-2)12-19-16/h3-5,8,11-13H,6-7,9-10H2,1-2H3. The lowest BCUT2D eigenvalue weighted by Crippen LogP contribution is -2.44. The number of aromatic nitrogens is 3. The van der Waals surface area contributed by atoms with Crippen LogP contribution in [0, 0.1) is 0 Å². The molecular weight excluding hydrogens is 278 g/mol. The predicted octanol–water partition coefficient (Wildman–Crippen LogP) is 1.99. The highest BCUT2D eigenvalue weighted by atomic mass is 16.5. The topological polar surface area (TPSA) is 54.4 Å². The molecule has 0 aliphatic carbocycles. The van der Waals surface area contributed by atoms with E-state index in [-0.39, 0.29) is 0 Å². The van der Waals surface area contributed by atoms with Crippen LogP contribution in [0.15, 0.2) is 36.8 Å². The first-order valence-electron chi connectivity index (χ1n) is 7.53. The van der Waals surface area contributed by atoms with Gasteiger partial charge in [0.1, 0.15) is 5.82 Å². The number of anilines is 2. The van der Waals surface area contributed by atoms with E-state index in [4.69, 9.17) is 4.74 Å². The van der Waals surface area contributed by atoms with Crippen molar-refractivity contribution >= 4 is 11.8 Å². The summed E-state index contributed by atoms with van der Waals surface area (Å²) in [5, 5.41) is 0. The third-order valence-electron chi connectivity index (χ3n) is 4.16. The minimum atomic E-state index is 0.504. The van der Waals surface area contributed by atoms with Crippen molar-refractivity contribution in [2.75, 3.05) is 37.0 Å². The van der Waals surface area contributed by atoms with Crippen LogP contribution < -0.4 is 14.5 Å². The van der Waals surface area contributed by atoms with Crippen molar-refractivity contribution in [3.8, 4) is 5.75 Å². The van der Waals surface area contributed by atoms with Gasteiger partial charge >= 0.3 is 0 Å². The van der Waals surface area contributed by atoms with Gasteiger partial charge in [0.25, 0.3) is 0 Å². The van der Waals surface area contributed by atoms with E-state index in [1.54, 1.807) is 19.5 Å². The van der Waals surface area contributed by atoms with E-state index in [2.05, 4.69) is 37.9 Å². The fourth-order valence-electron chi connectivity index (χ4n) is 2.78. The first kappa shape index (κ1) is 14.6. The van der Waals surface area contributed by atoms with E-state index in [1.807, 2.05) is 18.3 Å². The monoisotopic (exact) mass is 299 g/mol. The van der Waals surface area contributed by atoms with Crippen LogP contribution in [-0.2, 0) is 0 Å². The summed E-state index contributed by atoms with van der Waals surface area (Å²) in [4.78, 5) is 17.6. The Morgan fingerprint density at radius 2 is 1.86 bits per heavy atom. The number of hydrogen-bond acceptors (Lipinski definition) is 6. The summed E-state index contributed by atoms with van der Waals surface area (Å²) < 4.78 is 5.10. The molecule has 3 rings (SSSR count). The minimum Gasteiger partial charge on any atom is -0.494 e. The molecule has 6 nitrogen and oxygen atoms in total. The summed E-state index contributed by atoms with van der Waals surface area (Å²) in [6, 6.07) is 6.53. The maximum Gasteiger partial charge on any atom is 0.225 e. The second-order valence-corrected chi connectivity index (χ2v) is 5.44. The highest BCUT2D eigenvalue weighted by molar-refractivity contribution is 5.39. The normalized spacial score (nSPS) is 15.6. The van der Waals surface area contributed by atoms with Gasteiger partial charge < -0.3 is 14.5 Å². The molecule has 1 saturated heterocycles. The van der Waals surface area contributed by atoms with Crippen molar-refractivity contribution in [2.24, 2.45) is 0 Å².